The van der Waals surface area contributed by atoms with Crippen LogP contribution >= 0.6 is 11.3 Å². The predicted molar refractivity (Wildman–Crippen MR) is 90.4 cm³/mol. The van der Waals surface area contributed by atoms with Crippen molar-refractivity contribution in [2.75, 3.05) is 26.2 Å². The van der Waals surface area contributed by atoms with E-state index in [2.05, 4.69) is 29.2 Å². The lowest BCUT2D eigenvalue weighted by Crippen LogP contribution is -2.46. The Labute approximate surface area is 137 Å². The molecule has 1 saturated heterocycles. The maximum atomic E-state index is 12.5. The Balaban J connectivity index is 1.56. The lowest BCUT2D eigenvalue weighted by Gasteiger charge is -2.33. The van der Waals surface area contributed by atoms with Crippen molar-refractivity contribution in [1.29, 1.82) is 0 Å². The number of rotatable bonds is 4. The molecule has 6 heteroatoms. The molecule has 1 atom stereocenters. The Morgan fingerprint density at radius 1 is 1.18 bits per heavy atom. The summed E-state index contributed by atoms with van der Waals surface area (Å²) in [6.07, 6.45) is 0. The third-order valence-electron chi connectivity index (χ3n) is 3.86. The molecule has 1 aromatic heterocycles. The summed E-state index contributed by atoms with van der Waals surface area (Å²) in [4.78, 5) is 3.21. The van der Waals surface area contributed by atoms with Crippen LogP contribution in [0.5, 0.6) is 5.75 Å². The van der Waals surface area contributed by atoms with E-state index in [9.17, 15) is 9.32 Å². The van der Waals surface area contributed by atoms with Crippen LogP contribution in [0.4, 0.5) is 0 Å². The first-order valence-corrected chi connectivity index (χ1v) is 9.28. The van der Waals surface area contributed by atoms with Gasteiger partial charge in [-0.3, -0.25) is 4.90 Å². The summed E-state index contributed by atoms with van der Waals surface area (Å²) in [6, 6.07) is 12.1. The van der Waals surface area contributed by atoms with Crippen LogP contribution in [0.1, 0.15) is 10.4 Å². The van der Waals surface area contributed by atoms with Crippen molar-refractivity contribution in [1.82, 2.24) is 9.21 Å². The first-order chi connectivity index (χ1) is 10.6. The predicted octanol–water partition coefficient (Wildman–Crippen LogP) is 2.60. The van der Waals surface area contributed by atoms with Gasteiger partial charge >= 0.3 is 0 Å². The first kappa shape index (κ1) is 15.7. The van der Waals surface area contributed by atoms with E-state index in [1.807, 2.05) is 17.3 Å². The number of aromatic hydroxyl groups is 1. The van der Waals surface area contributed by atoms with Gasteiger partial charge < -0.3 is 5.11 Å². The van der Waals surface area contributed by atoms with Crippen LogP contribution in [0, 0.1) is 6.92 Å². The summed E-state index contributed by atoms with van der Waals surface area (Å²) in [6.45, 7) is 6.20. The second-order valence-electron chi connectivity index (χ2n) is 5.45. The van der Waals surface area contributed by atoms with Gasteiger partial charge in [-0.15, -0.1) is 11.3 Å². The fraction of sp³-hybridized carbons (Fsp3) is 0.375. The number of piperazine rings is 1. The summed E-state index contributed by atoms with van der Waals surface area (Å²) < 4.78 is 15.3. The van der Waals surface area contributed by atoms with Gasteiger partial charge in [0.1, 0.15) is 20.9 Å². The average molecular weight is 336 g/mol. The Morgan fingerprint density at radius 2 is 1.86 bits per heavy atom. The van der Waals surface area contributed by atoms with Gasteiger partial charge in [0.15, 0.2) is 0 Å². The van der Waals surface area contributed by atoms with Crippen molar-refractivity contribution in [2.24, 2.45) is 0 Å². The average Bonchev–Trinajstić information content (AvgIpc) is 2.88. The molecule has 2 heterocycles. The summed E-state index contributed by atoms with van der Waals surface area (Å²) in [5.74, 6) is 0.246. The Bertz CT molecular complexity index is 630. The Morgan fingerprint density at radius 3 is 2.45 bits per heavy atom. The van der Waals surface area contributed by atoms with Crippen LogP contribution in [-0.2, 0) is 17.5 Å². The molecule has 1 N–H and O–H groups in total. The summed E-state index contributed by atoms with van der Waals surface area (Å²) in [5.41, 5.74) is 1.32. The number of aryl methyl sites for hydroxylation is 1. The molecule has 4 nitrogen and oxygen atoms in total. The highest BCUT2D eigenvalue weighted by Crippen LogP contribution is 2.30. The van der Waals surface area contributed by atoms with Crippen LogP contribution in [-0.4, -0.2) is 44.7 Å². The second-order valence-corrected chi connectivity index (χ2v) is 8.42. The molecule has 0 amide bonds. The molecule has 1 unspecified atom stereocenters. The van der Waals surface area contributed by atoms with E-state index in [4.69, 9.17) is 0 Å². The summed E-state index contributed by atoms with van der Waals surface area (Å²) in [5, 5.41) is 9.64. The minimum absolute atomic E-state index is 0.246. The van der Waals surface area contributed by atoms with Crippen LogP contribution in [0.25, 0.3) is 0 Å². The normalized spacial score (nSPS) is 18.4. The topological polar surface area (TPSA) is 43.8 Å². The molecule has 0 bridgehead atoms. The van der Waals surface area contributed by atoms with Crippen LogP contribution in [0.2, 0.25) is 0 Å². The van der Waals surface area contributed by atoms with Crippen molar-refractivity contribution in [3.05, 3.63) is 46.8 Å². The fourth-order valence-corrected chi connectivity index (χ4v) is 5.13. The van der Waals surface area contributed by atoms with Crippen molar-refractivity contribution in [2.45, 2.75) is 17.7 Å². The minimum Gasteiger partial charge on any atom is -0.507 e. The highest BCUT2D eigenvalue weighted by Gasteiger charge is 2.23. The molecule has 1 aromatic carbocycles. The molecule has 0 saturated carbocycles. The number of nitrogens with zero attached hydrogens (tertiary/aromatic N) is 2. The molecular weight excluding hydrogens is 316 g/mol. The van der Waals surface area contributed by atoms with Gasteiger partial charge in [0, 0.05) is 43.7 Å². The number of benzene rings is 1. The molecule has 0 aliphatic carbocycles. The lowest BCUT2D eigenvalue weighted by atomic mass is 10.2. The maximum absolute atomic E-state index is 12.5. The van der Waals surface area contributed by atoms with E-state index in [0.29, 0.717) is 0 Å². The van der Waals surface area contributed by atoms with Gasteiger partial charge in [0.05, 0.1) is 0 Å². The molecule has 0 radical (unpaired) electrons. The third-order valence-corrected chi connectivity index (χ3v) is 6.66. The number of hydrogen-bond donors (Lipinski definition) is 1. The Kier molecular flexibility index (Phi) is 4.93. The maximum Gasteiger partial charge on any atom is 0.138 e. The van der Waals surface area contributed by atoms with Gasteiger partial charge in [-0.25, -0.2) is 8.51 Å². The van der Waals surface area contributed by atoms with E-state index >= 15 is 0 Å². The van der Waals surface area contributed by atoms with E-state index in [-0.39, 0.29) is 5.75 Å². The SMILES string of the molecule is Cc1sc(S(=O)N2CCN(Cc3ccccc3)CC2)cc1O. The standard InChI is InChI=1S/C16H20N2O2S2/c1-13-15(19)11-16(21-13)22(20)18-9-7-17(8-10-18)12-14-5-3-2-4-6-14/h2-6,11,19H,7-10,12H2,1H3. The molecule has 1 aliphatic rings. The quantitative estimate of drug-likeness (QED) is 0.933. The van der Waals surface area contributed by atoms with Gasteiger partial charge in [0.2, 0.25) is 0 Å². The monoisotopic (exact) mass is 336 g/mol. The number of thiophene rings is 1. The minimum atomic E-state index is -1.16. The van der Waals surface area contributed by atoms with E-state index in [0.717, 1.165) is 41.8 Å². The molecule has 118 valence electrons. The number of hydrogen-bond acceptors (Lipinski definition) is 4. The largest absolute Gasteiger partial charge is 0.507 e. The highest BCUT2D eigenvalue weighted by atomic mass is 32.2. The van der Waals surface area contributed by atoms with E-state index < -0.39 is 11.0 Å². The molecule has 22 heavy (non-hydrogen) atoms. The zero-order valence-electron chi connectivity index (χ0n) is 12.6. The lowest BCUT2D eigenvalue weighted by molar-refractivity contribution is 0.186. The van der Waals surface area contributed by atoms with Crippen LogP contribution in [0.15, 0.2) is 40.6 Å². The van der Waals surface area contributed by atoms with Gasteiger partial charge in [0.25, 0.3) is 0 Å². The molecule has 2 aromatic rings. The van der Waals surface area contributed by atoms with E-state index in [1.165, 1.54) is 16.9 Å². The summed E-state index contributed by atoms with van der Waals surface area (Å²) in [7, 11) is -1.16. The van der Waals surface area contributed by atoms with Crippen LogP contribution in [0.3, 0.4) is 0 Å². The second kappa shape index (κ2) is 6.91. The summed E-state index contributed by atoms with van der Waals surface area (Å²) >= 11 is 1.41. The molecule has 1 fully saturated rings. The third kappa shape index (κ3) is 3.57. The Hall–Kier alpha value is -1.21. The van der Waals surface area contributed by atoms with Crippen molar-refractivity contribution >= 4 is 22.3 Å². The van der Waals surface area contributed by atoms with Crippen molar-refractivity contribution < 1.29 is 9.32 Å². The highest BCUT2D eigenvalue weighted by molar-refractivity contribution is 7.85. The van der Waals surface area contributed by atoms with Crippen LogP contribution < -0.4 is 0 Å². The molecular formula is C16H20N2O2S2. The van der Waals surface area contributed by atoms with Crippen molar-refractivity contribution in [3.63, 3.8) is 0 Å². The molecule has 3 rings (SSSR count). The zero-order valence-corrected chi connectivity index (χ0v) is 14.2. The van der Waals surface area contributed by atoms with Crippen molar-refractivity contribution in [3.8, 4) is 5.75 Å². The zero-order chi connectivity index (χ0) is 15.5. The van der Waals surface area contributed by atoms with E-state index in [1.54, 1.807) is 6.07 Å². The van der Waals surface area contributed by atoms with Gasteiger partial charge in [-0.05, 0) is 12.5 Å². The van der Waals surface area contributed by atoms with Gasteiger partial charge in [-0.1, -0.05) is 30.3 Å². The first-order valence-electron chi connectivity index (χ1n) is 7.36. The molecule has 1 aliphatic heterocycles. The van der Waals surface area contributed by atoms with Gasteiger partial charge in [-0.2, -0.15) is 0 Å². The smallest absolute Gasteiger partial charge is 0.138 e. The molecule has 0 spiro atoms. The fourth-order valence-electron chi connectivity index (χ4n) is 2.55.